The molecule has 5 nitrogen and oxygen atoms in total. The van der Waals surface area contributed by atoms with Crippen LogP contribution in [0.3, 0.4) is 0 Å². The smallest absolute Gasteiger partial charge is 0.287 e. The lowest BCUT2D eigenvalue weighted by atomic mass is 10.1. The van der Waals surface area contributed by atoms with Crippen LogP contribution in [-0.4, -0.2) is 21.2 Å². The zero-order chi connectivity index (χ0) is 19.4. The van der Waals surface area contributed by atoms with E-state index in [-0.39, 0.29) is 22.2 Å². The fraction of sp³-hybridized carbons (Fsp3) is 0.150. The third-order valence-corrected chi connectivity index (χ3v) is 5.22. The van der Waals surface area contributed by atoms with Gasteiger partial charge in [0.1, 0.15) is 0 Å². The van der Waals surface area contributed by atoms with Gasteiger partial charge in [0, 0.05) is 23.1 Å². The van der Waals surface area contributed by atoms with Crippen molar-refractivity contribution in [1.82, 2.24) is 9.55 Å². The van der Waals surface area contributed by atoms with E-state index < -0.39 is 0 Å². The Morgan fingerprint density at radius 3 is 2.74 bits per heavy atom. The first-order valence-electron chi connectivity index (χ1n) is 8.27. The van der Waals surface area contributed by atoms with Crippen LogP contribution in [0, 0.1) is 13.8 Å². The Bertz CT molecular complexity index is 1050. The number of aryl methyl sites for hydroxylation is 2. The quantitative estimate of drug-likeness (QED) is 0.652. The molecule has 0 unspecified atom stereocenters. The summed E-state index contributed by atoms with van der Waals surface area (Å²) in [6.07, 6.45) is 3.11. The molecule has 1 N–H and O–H groups in total. The minimum Gasteiger partial charge on any atom is -0.325 e. The molecule has 138 valence electrons. The van der Waals surface area contributed by atoms with E-state index in [4.69, 9.17) is 11.6 Å². The lowest BCUT2D eigenvalue weighted by molar-refractivity contribution is -0.113. The van der Waals surface area contributed by atoms with Crippen molar-refractivity contribution < 1.29 is 4.79 Å². The molecule has 2 aromatic carbocycles. The van der Waals surface area contributed by atoms with Crippen molar-refractivity contribution in [2.75, 3.05) is 11.1 Å². The number of hydrogen-bond acceptors (Lipinski definition) is 4. The van der Waals surface area contributed by atoms with Gasteiger partial charge in [-0.15, -0.1) is 0 Å². The third kappa shape index (κ3) is 4.78. The van der Waals surface area contributed by atoms with E-state index in [1.165, 1.54) is 10.8 Å². The van der Waals surface area contributed by atoms with Gasteiger partial charge in [-0.2, -0.15) is 0 Å². The number of carbonyl (C=O) groups is 1. The number of benzene rings is 2. The van der Waals surface area contributed by atoms with Crippen molar-refractivity contribution in [3.8, 4) is 5.69 Å². The van der Waals surface area contributed by atoms with E-state index in [9.17, 15) is 9.59 Å². The lowest BCUT2D eigenvalue weighted by Gasteiger charge is -2.09. The monoisotopic (exact) mass is 399 g/mol. The molecule has 0 bridgehead atoms. The van der Waals surface area contributed by atoms with Gasteiger partial charge in [0.2, 0.25) is 5.91 Å². The Balaban J connectivity index is 1.71. The summed E-state index contributed by atoms with van der Waals surface area (Å²) in [5.74, 6) is -0.100. The minimum absolute atomic E-state index is 0.0920. The van der Waals surface area contributed by atoms with Gasteiger partial charge in [0.15, 0.2) is 5.03 Å². The van der Waals surface area contributed by atoms with Crippen molar-refractivity contribution >= 4 is 35.0 Å². The summed E-state index contributed by atoms with van der Waals surface area (Å²) in [5.41, 5.74) is 3.37. The van der Waals surface area contributed by atoms with E-state index in [0.29, 0.717) is 10.7 Å². The first-order valence-corrected chi connectivity index (χ1v) is 9.64. The number of nitrogens with zero attached hydrogens (tertiary/aromatic N) is 2. The fourth-order valence-electron chi connectivity index (χ4n) is 2.47. The second-order valence-electron chi connectivity index (χ2n) is 6.02. The average Bonchev–Trinajstić information content (AvgIpc) is 2.64. The Morgan fingerprint density at radius 1 is 1.19 bits per heavy atom. The van der Waals surface area contributed by atoms with Crippen LogP contribution < -0.4 is 10.9 Å². The molecule has 0 fully saturated rings. The number of hydrogen-bond donors (Lipinski definition) is 1. The highest BCUT2D eigenvalue weighted by molar-refractivity contribution is 7.99. The number of aromatic nitrogens is 2. The predicted octanol–water partition coefficient (Wildman–Crippen LogP) is 4.23. The average molecular weight is 400 g/mol. The summed E-state index contributed by atoms with van der Waals surface area (Å²) in [5, 5.41) is 3.64. The number of halogens is 1. The van der Waals surface area contributed by atoms with Crippen LogP contribution in [0.1, 0.15) is 11.1 Å². The summed E-state index contributed by atoms with van der Waals surface area (Å²) in [6.45, 7) is 4.01. The van der Waals surface area contributed by atoms with Crippen molar-refractivity contribution in [3.63, 3.8) is 0 Å². The number of nitrogens with one attached hydrogen (secondary N) is 1. The van der Waals surface area contributed by atoms with Crippen LogP contribution in [0.25, 0.3) is 5.69 Å². The van der Waals surface area contributed by atoms with Gasteiger partial charge in [-0.1, -0.05) is 35.5 Å². The Labute approximate surface area is 166 Å². The van der Waals surface area contributed by atoms with Crippen LogP contribution in [0.4, 0.5) is 5.69 Å². The maximum absolute atomic E-state index is 12.6. The van der Waals surface area contributed by atoms with Crippen LogP contribution in [-0.2, 0) is 4.79 Å². The highest BCUT2D eigenvalue weighted by Crippen LogP contribution is 2.17. The van der Waals surface area contributed by atoms with E-state index in [2.05, 4.69) is 10.3 Å². The summed E-state index contributed by atoms with van der Waals surface area (Å²) in [7, 11) is 0. The molecule has 3 rings (SSSR count). The molecule has 7 heteroatoms. The molecule has 1 heterocycles. The third-order valence-electron chi connectivity index (χ3n) is 4.03. The first kappa shape index (κ1) is 19.2. The fourth-order valence-corrected chi connectivity index (χ4v) is 3.35. The van der Waals surface area contributed by atoms with E-state index in [0.717, 1.165) is 28.6 Å². The van der Waals surface area contributed by atoms with E-state index in [1.807, 2.05) is 32.0 Å². The largest absolute Gasteiger partial charge is 0.325 e. The minimum atomic E-state index is -0.288. The molecule has 1 aromatic heterocycles. The second-order valence-corrected chi connectivity index (χ2v) is 7.42. The lowest BCUT2D eigenvalue weighted by Crippen LogP contribution is -2.22. The van der Waals surface area contributed by atoms with Crippen molar-refractivity contribution in [2.24, 2.45) is 0 Å². The Morgan fingerprint density at radius 2 is 2.00 bits per heavy atom. The Kier molecular flexibility index (Phi) is 5.98. The molecule has 0 aliphatic rings. The molecule has 0 saturated carbocycles. The molecule has 0 saturated heterocycles. The number of rotatable bonds is 5. The zero-order valence-corrected chi connectivity index (χ0v) is 16.5. The summed E-state index contributed by atoms with van der Waals surface area (Å²) in [4.78, 5) is 29.0. The van der Waals surface area contributed by atoms with Crippen LogP contribution in [0.5, 0.6) is 0 Å². The highest BCUT2D eigenvalue weighted by atomic mass is 35.5. The van der Waals surface area contributed by atoms with Crippen molar-refractivity contribution in [1.29, 1.82) is 0 Å². The molecule has 27 heavy (non-hydrogen) atoms. The molecule has 3 aromatic rings. The van der Waals surface area contributed by atoms with Gasteiger partial charge < -0.3 is 5.32 Å². The summed E-state index contributed by atoms with van der Waals surface area (Å²) >= 11 is 7.10. The zero-order valence-electron chi connectivity index (χ0n) is 14.9. The van der Waals surface area contributed by atoms with Crippen LogP contribution in [0.2, 0.25) is 5.02 Å². The van der Waals surface area contributed by atoms with Crippen LogP contribution in [0.15, 0.2) is 64.7 Å². The van der Waals surface area contributed by atoms with E-state index >= 15 is 0 Å². The predicted molar refractivity (Wildman–Crippen MR) is 110 cm³/mol. The van der Waals surface area contributed by atoms with Gasteiger partial charge in [0.05, 0.1) is 11.4 Å². The van der Waals surface area contributed by atoms with Crippen molar-refractivity contribution in [2.45, 2.75) is 18.9 Å². The maximum Gasteiger partial charge on any atom is 0.287 e. The van der Waals surface area contributed by atoms with Gasteiger partial charge >= 0.3 is 0 Å². The maximum atomic E-state index is 12.6. The van der Waals surface area contributed by atoms with Crippen LogP contribution >= 0.6 is 23.4 Å². The normalized spacial score (nSPS) is 10.6. The summed E-state index contributed by atoms with van der Waals surface area (Å²) < 4.78 is 1.46. The van der Waals surface area contributed by atoms with E-state index in [1.54, 1.807) is 30.5 Å². The van der Waals surface area contributed by atoms with Gasteiger partial charge in [-0.3, -0.25) is 14.2 Å². The molecule has 0 atom stereocenters. The topological polar surface area (TPSA) is 64.0 Å². The second kappa shape index (κ2) is 8.41. The van der Waals surface area contributed by atoms with Gasteiger partial charge in [-0.25, -0.2) is 4.98 Å². The van der Waals surface area contributed by atoms with Gasteiger partial charge in [-0.05, 0) is 55.3 Å². The van der Waals surface area contributed by atoms with Crippen molar-refractivity contribution in [3.05, 3.63) is 81.4 Å². The molecule has 0 radical (unpaired) electrons. The molecule has 0 spiro atoms. The first-order chi connectivity index (χ1) is 12.9. The number of anilines is 1. The number of amides is 1. The molecule has 1 amide bonds. The summed E-state index contributed by atoms with van der Waals surface area (Å²) in [6, 6.07) is 12.7. The number of carbonyl (C=O) groups excluding carboxylic acids is 1. The Hall–Kier alpha value is -2.57. The van der Waals surface area contributed by atoms with Gasteiger partial charge in [0.25, 0.3) is 5.56 Å². The molecule has 0 aliphatic heterocycles. The molecular weight excluding hydrogens is 382 g/mol. The number of thioether (sulfide) groups is 1. The molecular formula is C20H18ClN3O2S. The molecule has 0 aliphatic carbocycles. The highest BCUT2D eigenvalue weighted by Gasteiger charge is 2.11. The standard InChI is InChI=1S/C20H18ClN3O2S/c1-13-6-7-16(10-14(13)2)23-18(25)12-27-19-20(26)24(9-8-22-19)17-5-3-4-15(21)11-17/h3-11H,12H2,1-2H3,(H,23,25). The SMILES string of the molecule is Cc1ccc(NC(=O)CSc2nccn(-c3cccc(Cl)c3)c2=O)cc1C.